The molecule has 178 valence electrons. The number of thiophene rings is 1. The summed E-state index contributed by atoms with van der Waals surface area (Å²) in [6.07, 6.45) is 8.11. The number of aromatic amines is 1. The van der Waals surface area contributed by atoms with Gasteiger partial charge in [-0.1, -0.05) is 6.92 Å². The molecule has 1 aliphatic rings. The number of carbonyl (C=O) groups is 1. The number of anilines is 1. The Kier molecular flexibility index (Phi) is 6.34. The summed E-state index contributed by atoms with van der Waals surface area (Å²) in [7, 11) is 1.77. The summed E-state index contributed by atoms with van der Waals surface area (Å²) in [4.78, 5) is 27.1. The lowest BCUT2D eigenvalue weighted by Gasteiger charge is -2.33. The smallest absolute Gasteiger partial charge is 0.253 e. The average molecular weight is 480 g/mol. The monoisotopic (exact) mass is 479 g/mol. The number of H-pyrrole nitrogens is 1. The molecule has 9 nitrogen and oxygen atoms in total. The van der Waals surface area contributed by atoms with E-state index in [-0.39, 0.29) is 18.1 Å². The number of piperidine rings is 1. The number of hydrogen-bond acceptors (Lipinski definition) is 7. The van der Waals surface area contributed by atoms with E-state index in [0.29, 0.717) is 17.8 Å². The van der Waals surface area contributed by atoms with Crippen LogP contribution < -0.4 is 10.2 Å². The van der Waals surface area contributed by atoms with Crippen LogP contribution in [-0.4, -0.2) is 56.8 Å². The lowest BCUT2D eigenvalue weighted by atomic mass is 10.1. The molecule has 0 spiro atoms. The van der Waals surface area contributed by atoms with Gasteiger partial charge in [-0.3, -0.25) is 14.3 Å². The standard InChI is InChI=1S/C24H29N7O2S/c1-4-18(22-26-14-27-29-22)28-24(32)16-11-19(30-9-7-17(33-3)8-10-30)23-25-12-20(31(23)13-16)21-6-5-15(2)34-21/h5-6,11-14,17-18H,4,7-10H2,1-3H3,(H,28,32)(H,26,27,29). The van der Waals surface area contributed by atoms with E-state index in [1.54, 1.807) is 18.4 Å². The quantitative estimate of drug-likeness (QED) is 0.416. The number of nitrogens with one attached hydrogen (secondary N) is 2. The summed E-state index contributed by atoms with van der Waals surface area (Å²) in [6.45, 7) is 5.82. The Bertz CT molecular complexity index is 1270. The van der Waals surface area contributed by atoms with E-state index in [9.17, 15) is 4.79 Å². The van der Waals surface area contributed by atoms with Gasteiger partial charge in [-0.25, -0.2) is 9.97 Å². The molecule has 1 aliphatic heterocycles. The van der Waals surface area contributed by atoms with Crippen molar-refractivity contribution in [1.29, 1.82) is 0 Å². The SMILES string of the molecule is CCC(NC(=O)c1cc(N2CCC(OC)CC2)c2ncc(-c3ccc(C)s3)n2c1)c1ncn[nH]1. The molecular formula is C24H29N7O2S. The normalized spacial score (nSPS) is 15.7. The summed E-state index contributed by atoms with van der Waals surface area (Å²) in [6, 6.07) is 5.93. The maximum Gasteiger partial charge on any atom is 0.253 e. The molecule has 2 N–H and O–H groups in total. The van der Waals surface area contributed by atoms with Crippen LogP contribution in [0.2, 0.25) is 0 Å². The van der Waals surface area contributed by atoms with E-state index in [4.69, 9.17) is 9.72 Å². The molecule has 0 aliphatic carbocycles. The first-order valence-corrected chi connectivity index (χ1v) is 12.4. The van der Waals surface area contributed by atoms with E-state index in [0.717, 1.165) is 47.8 Å². The molecule has 1 unspecified atom stereocenters. The molecule has 1 atom stereocenters. The van der Waals surface area contributed by atoms with Crippen molar-refractivity contribution in [3.8, 4) is 10.6 Å². The topological polar surface area (TPSA) is 100 Å². The molecule has 1 saturated heterocycles. The van der Waals surface area contributed by atoms with Crippen LogP contribution in [0.5, 0.6) is 0 Å². The number of aromatic nitrogens is 5. The van der Waals surface area contributed by atoms with Gasteiger partial charge in [0.1, 0.15) is 12.2 Å². The average Bonchev–Trinajstić information content (AvgIpc) is 3.62. The molecule has 5 heterocycles. The lowest BCUT2D eigenvalue weighted by molar-refractivity contribution is 0.0819. The second-order valence-electron chi connectivity index (χ2n) is 8.59. The Hall–Kier alpha value is -3.24. The number of pyridine rings is 1. The zero-order valence-electron chi connectivity index (χ0n) is 19.6. The number of aryl methyl sites for hydroxylation is 1. The maximum absolute atomic E-state index is 13.4. The van der Waals surface area contributed by atoms with Crippen LogP contribution in [0.25, 0.3) is 16.2 Å². The number of fused-ring (bicyclic) bond motifs is 1. The fourth-order valence-electron chi connectivity index (χ4n) is 4.50. The van der Waals surface area contributed by atoms with Gasteiger partial charge in [0, 0.05) is 31.3 Å². The van der Waals surface area contributed by atoms with Gasteiger partial charge in [0.15, 0.2) is 5.65 Å². The van der Waals surface area contributed by atoms with Crippen LogP contribution in [0, 0.1) is 6.92 Å². The van der Waals surface area contributed by atoms with E-state index in [2.05, 4.69) is 44.5 Å². The Balaban J connectivity index is 1.55. The van der Waals surface area contributed by atoms with Crippen LogP contribution in [-0.2, 0) is 4.74 Å². The van der Waals surface area contributed by atoms with E-state index in [1.165, 1.54) is 11.2 Å². The highest BCUT2D eigenvalue weighted by Gasteiger charge is 2.25. The summed E-state index contributed by atoms with van der Waals surface area (Å²) >= 11 is 1.72. The fourth-order valence-corrected chi connectivity index (χ4v) is 5.38. The molecule has 4 aromatic heterocycles. The number of amides is 1. The maximum atomic E-state index is 13.4. The zero-order valence-corrected chi connectivity index (χ0v) is 20.4. The second-order valence-corrected chi connectivity index (χ2v) is 9.88. The Morgan fingerprint density at radius 2 is 2.15 bits per heavy atom. The van der Waals surface area contributed by atoms with Crippen molar-refractivity contribution in [1.82, 2.24) is 29.9 Å². The van der Waals surface area contributed by atoms with Crippen LogP contribution in [0.4, 0.5) is 5.69 Å². The number of rotatable bonds is 7. The molecular weight excluding hydrogens is 450 g/mol. The van der Waals surface area contributed by atoms with Crippen molar-refractivity contribution in [3.05, 3.63) is 53.2 Å². The predicted molar refractivity (Wildman–Crippen MR) is 132 cm³/mol. The summed E-state index contributed by atoms with van der Waals surface area (Å²) in [5.74, 6) is 0.497. The highest BCUT2D eigenvalue weighted by atomic mass is 32.1. The third kappa shape index (κ3) is 4.30. The van der Waals surface area contributed by atoms with Crippen LogP contribution in [0.3, 0.4) is 0 Å². The van der Waals surface area contributed by atoms with Crippen molar-refractivity contribution in [2.24, 2.45) is 0 Å². The summed E-state index contributed by atoms with van der Waals surface area (Å²) in [5, 5.41) is 9.90. The summed E-state index contributed by atoms with van der Waals surface area (Å²) < 4.78 is 7.61. The van der Waals surface area contributed by atoms with Crippen LogP contribution in [0.15, 0.2) is 36.9 Å². The van der Waals surface area contributed by atoms with Crippen LogP contribution in [0.1, 0.15) is 53.3 Å². The number of imidazole rings is 1. The summed E-state index contributed by atoms with van der Waals surface area (Å²) in [5.41, 5.74) is 3.39. The second kappa shape index (κ2) is 9.55. The molecule has 10 heteroatoms. The number of hydrogen-bond donors (Lipinski definition) is 2. The molecule has 34 heavy (non-hydrogen) atoms. The Morgan fingerprint density at radius 1 is 1.32 bits per heavy atom. The number of methoxy groups -OCH3 is 1. The van der Waals surface area contributed by atoms with E-state index >= 15 is 0 Å². The van der Waals surface area contributed by atoms with Crippen molar-refractivity contribution in [3.63, 3.8) is 0 Å². The van der Waals surface area contributed by atoms with Crippen molar-refractivity contribution in [2.75, 3.05) is 25.1 Å². The zero-order chi connectivity index (χ0) is 23.7. The molecule has 4 aromatic rings. The highest BCUT2D eigenvalue weighted by molar-refractivity contribution is 7.15. The minimum Gasteiger partial charge on any atom is -0.381 e. The van der Waals surface area contributed by atoms with Gasteiger partial charge in [0.25, 0.3) is 5.91 Å². The highest BCUT2D eigenvalue weighted by Crippen LogP contribution is 2.33. The van der Waals surface area contributed by atoms with Gasteiger partial charge < -0.3 is 15.0 Å². The molecule has 0 saturated carbocycles. The Morgan fingerprint density at radius 3 is 2.79 bits per heavy atom. The minimum absolute atomic E-state index is 0.153. The van der Waals surface area contributed by atoms with Crippen molar-refractivity contribution >= 4 is 28.6 Å². The first-order chi connectivity index (χ1) is 16.6. The number of nitrogens with zero attached hydrogens (tertiary/aromatic N) is 5. The van der Waals surface area contributed by atoms with Gasteiger partial charge in [0.05, 0.1) is 40.2 Å². The van der Waals surface area contributed by atoms with Crippen molar-refractivity contribution in [2.45, 2.75) is 45.3 Å². The number of ether oxygens (including phenoxy) is 1. The molecule has 0 radical (unpaired) electrons. The predicted octanol–water partition coefficient (Wildman–Crippen LogP) is 3.99. The van der Waals surface area contributed by atoms with Gasteiger partial charge in [-0.2, -0.15) is 5.10 Å². The largest absolute Gasteiger partial charge is 0.381 e. The third-order valence-corrected chi connectivity index (χ3v) is 7.46. The van der Waals surface area contributed by atoms with E-state index < -0.39 is 0 Å². The molecule has 0 bridgehead atoms. The van der Waals surface area contributed by atoms with Gasteiger partial charge in [0.2, 0.25) is 0 Å². The molecule has 5 rings (SSSR count). The minimum atomic E-state index is -0.242. The molecule has 1 amide bonds. The fraction of sp³-hybridized carbons (Fsp3) is 0.417. The number of carbonyl (C=O) groups excluding carboxylic acids is 1. The lowest BCUT2D eigenvalue weighted by Crippen LogP contribution is -2.37. The first kappa shape index (κ1) is 22.5. The van der Waals surface area contributed by atoms with Gasteiger partial charge >= 0.3 is 0 Å². The first-order valence-electron chi connectivity index (χ1n) is 11.6. The Labute approximate surface area is 202 Å². The van der Waals surface area contributed by atoms with Gasteiger partial charge in [-0.05, 0) is 44.4 Å². The third-order valence-electron chi connectivity index (χ3n) is 6.43. The molecule has 1 fully saturated rings. The van der Waals surface area contributed by atoms with Gasteiger partial charge in [-0.15, -0.1) is 11.3 Å². The van der Waals surface area contributed by atoms with E-state index in [1.807, 2.05) is 29.8 Å². The van der Waals surface area contributed by atoms with Crippen LogP contribution >= 0.6 is 11.3 Å². The van der Waals surface area contributed by atoms with Crippen molar-refractivity contribution < 1.29 is 9.53 Å². The molecule has 0 aromatic carbocycles.